The number of anilines is 1. The molecule has 0 saturated carbocycles. The Hall–Kier alpha value is -1.28. The number of benzene rings is 1. The molecule has 0 aromatic heterocycles. The monoisotopic (exact) mass is 232 g/mol. The Morgan fingerprint density at radius 3 is 2.82 bits per heavy atom. The van der Waals surface area contributed by atoms with E-state index in [4.69, 9.17) is 0 Å². The molecule has 0 heterocycles. The maximum absolute atomic E-state index is 4.11. The Bertz CT molecular complexity index is 358. The van der Waals surface area contributed by atoms with Crippen LogP contribution in [-0.2, 0) is 0 Å². The highest BCUT2D eigenvalue weighted by Gasteiger charge is 2.02. The fourth-order valence-corrected chi connectivity index (χ4v) is 1.79. The summed E-state index contributed by atoms with van der Waals surface area (Å²) in [5, 5.41) is 3.38. The van der Waals surface area contributed by atoms with Gasteiger partial charge in [0.05, 0.1) is 0 Å². The summed E-state index contributed by atoms with van der Waals surface area (Å²) in [6.45, 7) is 11.3. The van der Waals surface area contributed by atoms with Crippen molar-refractivity contribution in [2.75, 3.05) is 31.6 Å². The van der Waals surface area contributed by atoms with Gasteiger partial charge in [0.1, 0.15) is 0 Å². The zero-order valence-electron chi connectivity index (χ0n) is 11.3. The van der Waals surface area contributed by atoms with Crippen molar-refractivity contribution < 1.29 is 0 Å². The molecule has 0 aliphatic carbocycles. The van der Waals surface area contributed by atoms with Crippen molar-refractivity contribution in [3.8, 4) is 0 Å². The molecule has 0 amide bonds. The third-order valence-electron chi connectivity index (χ3n) is 2.70. The molecule has 0 radical (unpaired) electrons. The first-order chi connectivity index (χ1) is 8.13. The van der Waals surface area contributed by atoms with E-state index in [0.717, 1.165) is 19.6 Å². The maximum Gasteiger partial charge on any atom is 0.0395 e. The third-order valence-corrected chi connectivity index (χ3v) is 2.70. The van der Waals surface area contributed by atoms with Crippen molar-refractivity contribution in [1.29, 1.82) is 0 Å². The summed E-state index contributed by atoms with van der Waals surface area (Å²) in [6.07, 6.45) is 1.17. The van der Waals surface area contributed by atoms with Crippen LogP contribution in [0.25, 0.3) is 0 Å². The molecule has 1 aromatic rings. The first kappa shape index (κ1) is 13.8. The van der Waals surface area contributed by atoms with Gasteiger partial charge in [0.2, 0.25) is 0 Å². The average Bonchev–Trinajstić information content (AvgIpc) is 2.29. The molecule has 2 nitrogen and oxygen atoms in total. The van der Waals surface area contributed by atoms with Gasteiger partial charge in [0.25, 0.3) is 0 Å². The van der Waals surface area contributed by atoms with E-state index < -0.39 is 0 Å². The molecule has 2 heteroatoms. The highest BCUT2D eigenvalue weighted by molar-refractivity contribution is 5.48. The molecule has 0 unspecified atom stereocenters. The van der Waals surface area contributed by atoms with Crippen LogP contribution in [0.15, 0.2) is 36.4 Å². The maximum atomic E-state index is 4.11. The van der Waals surface area contributed by atoms with Crippen molar-refractivity contribution in [3.05, 3.63) is 42.0 Å². The minimum absolute atomic E-state index is 0.903. The first-order valence-corrected chi connectivity index (χ1v) is 6.28. The fourth-order valence-electron chi connectivity index (χ4n) is 1.79. The number of nitrogens with one attached hydrogen (secondary N) is 1. The molecule has 0 aliphatic heterocycles. The number of nitrogens with zero attached hydrogens (tertiary/aromatic N) is 1. The SMILES string of the molecule is C=C(CNCCC)CN(C)c1cccc(C)c1. The summed E-state index contributed by atoms with van der Waals surface area (Å²) in [7, 11) is 2.11. The predicted molar refractivity (Wildman–Crippen MR) is 76.7 cm³/mol. The van der Waals surface area contributed by atoms with Crippen molar-refractivity contribution >= 4 is 5.69 Å². The number of hydrogen-bond acceptors (Lipinski definition) is 2. The molecule has 1 aromatic carbocycles. The van der Waals surface area contributed by atoms with Gasteiger partial charge in [0.15, 0.2) is 0 Å². The molecule has 0 spiro atoms. The van der Waals surface area contributed by atoms with E-state index >= 15 is 0 Å². The van der Waals surface area contributed by atoms with Crippen LogP contribution >= 0.6 is 0 Å². The van der Waals surface area contributed by atoms with Gasteiger partial charge in [-0.15, -0.1) is 0 Å². The van der Waals surface area contributed by atoms with Gasteiger partial charge in [-0.05, 0) is 43.2 Å². The molecule has 0 aliphatic rings. The summed E-state index contributed by atoms with van der Waals surface area (Å²) in [5.74, 6) is 0. The van der Waals surface area contributed by atoms with Crippen molar-refractivity contribution in [2.24, 2.45) is 0 Å². The Labute approximate surface area is 105 Å². The predicted octanol–water partition coefficient (Wildman–Crippen LogP) is 2.99. The Kier molecular flexibility index (Phi) is 5.78. The number of rotatable bonds is 7. The van der Waals surface area contributed by atoms with Gasteiger partial charge < -0.3 is 10.2 Å². The van der Waals surface area contributed by atoms with Crippen LogP contribution in [0.4, 0.5) is 5.69 Å². The molecule has 0 atom stereocenters. The lowest BCUT2D eigenvalue weighted by molar-refractivity contribution is 0.705. The van der Waals surface area contributed by atoms with Crippen LogP contribution in [-0.4, -0.2) is 26.7 Å². The van der Waals surface area contributed by atoms with Crippen LogP contribution in [0.5, 0.6) is 0 Å². The molecule has 0 fully saturated rings. The van der Waals surface area contributed by atoms with E-state index in [9.17, 15) is 0 Å². The minimum Gasteiger partial charge on any atom is -0.371 e. The largest absolute Gasteiger partial charge is 0.371 e. The van der Waals surface area contributed by atoms with Gasteiger partial charge in [-0.2, -0.15) is 0 Å². The van der Waals surface area contributed by atoms with Gasteiger partial charge in [-0.3, -0.25) is 0 Å². The molecule has 1 N–H and O–H groups in total. The van der Waals surface area contributed by atoms with E-state index in [1.54, 1.807) is 0 Å². The Balaban J connectivity index is 2.43. The topological polar surface area (TPSA) is 15.3 Å². The average molecular weight is 232 g/mol. The van der Waals surface area contributed by atoms with Crippen molar-refractivity contribution in [2.45, 2.75) is 20.3 Å². The lowest BCUT2D eigenvalue weighted by Gasteiger charge is -2.21. The van der Waals surface area contributed by atoms with E-state index in [0.29, 0.717) is 0 Å². The first-order valence-electron chi connectivity index (χ1n) is 6.28. The van der Waals surface area contributed by atoms with E-state index in [2.05, 4.69) is 62.0 Å². The molecule has 17 heavy (non-hydrogen) atoms. The summed E-state index contributed by atoms with van der Waals surface area (Å²) in [6, 6.07) is 8.56. The second-order valence-corrected chi connectivity index (χ2v) is 4.62. The highest BCUT2D eigenvalue weighted by Crippen LogP contribution is 2.14. The standard InChI is InChI=1S/C15H24N2/c1-5-9-16-11-14(3)12-17(4)15-8-6-7-13(2)10-15/h6-8,10,16H,3,5,9,11-12H2,1-2,4H3. The molecular weight excluding hydrogens is 208 g/mol. The summed E-state index contributed by atoms with van der Waals surface area (Å²) in [5.41, 5.74) is 3.77. The second kappa shape index (κ2) is 7.13. The molecular formula is C15H24N2. The zero-order valence-corrected chi connectivity index (χ0v) is 11.3. The summed E-state index contributed by atoms with van der Waals surface area (Å²) >= 11 is 0. The second-order valence-electron chi connectivity index (χ2n) is 4.62. The van der Waals surface area contributed by atoms with Gasteiger partial charge in [-0.25, -0.2) is 0 Å². The lowest BCUT2D eigenvalue weighted by Crippen LogP contribution is -2.26. The molecule has 0 saturated heterocycles. The number of likely N-dealkylation sites (N-methyl/N-ethyl adjacent to an activating group) is 1. The summed E-state index contributed by atoms with van der Waals surface area (Å²) < 4.78 is 0. The zero-order chi connectivity index (χ0) is 12.7. The van der Waals surface area contributed by atoms with Crippen LogP contribution in [0, 0.1) is 6.92 Å². The minimum atomic E-state index is 0.903. The Morgan fingerprint density at radius 1 is 1.41 bits per heavy atom. The van der Waals surface area contributed by atoms with Gasteiger partial charge in [0, 0.05) is 25.8 Å². The summed E-state index contributed by atoms with van der Waals surface area (Å²) in [4.78, 5) is 2.24. The lowest BCUT2D eigenvalue weighted by atomic mass is 10.2. The highest BCUT2D eigenvalue weighted by atomic mass is 15.1. The third kappa shape index (κ3) is 5.05. The van der Waals surface area contributed by atoms with Crippen LogP contribution in [0.1, 0.15) is 18.9 Å². The van der Waals surface area contributed by atoms with Crippen LogP contribution in [0.2, 0.25) is 0 Å². The molecule has 1 rings (SSSR count). The smallest absolute Gasteiger partial charge is 0.0395 e. The quantitative estimate of drug-likeness (QED) is 0.574. The molecule has 0 bridgehead atoms. The van der Waals surface area contributed by atoms with E-state index in [1.807, 2.05) is 0 Å². The van der Waals surface area contributed by atoms with Gasteiger partial charge >= 0.3 is 0 Å². The van der Waals surface area contributed by atoms with E-state index in [1.165, 1.54) is 23.2 Å². The number of aryl methyl sites for hydroxylation is 1. The van der Waals surface area contributed by atoms with Crippen LogP contribution < -0.4 is 10.2 Å². The van der Waals surface area contributed by atoms with Gasteiger partial charge in [-0.1, -0.05) is 25.6 Å². The fraction of sp³-hybridized carbons (Fsp3) is 0.467. The van der Waals surface area contributed by atoms with Crippen molar-refractivity contribution in [1.82, 2.24) is 5.32 Å². The Morgan fingerprint density at radius 2 is 2.18 bits per heavy atom. The molecule has 94 valence electrons. The normalized spacial score (nSPS) is 10.3. The van der Waals surface area contributed by atoms with E-state index in [-0.39, 0.29) is 0 Å². The number of hydrogen-bond donors (Lipinski definition) is 1. The van der Waals surface area contributed by atoms with Crippen LogP contribution in [0.3, 0.4) is 0 Å². The van der Waals surface area contributed by atoms with Crippen molar-refractivity contribution in [3.63, 3.8) is 0 Å².